The molecule has 0 heterocycles. The smallest absolute Gasteiger partial charge is 0.270 e. The van der Waals surface area contributed by atoms with E-state index < -0.39 is 14.9 Å². The first-order valence-corrected chi connectivity index (χ1v) is 9.61. The summed E-state index contributed by atoms with van der Waals surface area (Å²) in [7, 11) is -4.03. The van der Waals surface area contributed by atoms with E-state index in [0.29, 0.717) is 21.3 Å². The number of aryl methyl sites for hydroxylation is 1. The molecule has 9 heteroatoms. The predicted molar refractivity (Wildman–Crippen MR) is 98.5 cm³/mol. The molecular weight excluding hydrogens is 412 g/mol. The highest BCUT2D eigenvalue weighted by atomic mass is 79.9. The number of nitrogens with one attached hydrogen (secondary N) is 1. The van der Waals surface area contributed by atoms with Gasteiger partial charge in [0.05, 0.1) is 20.0 Å². The number of non-ortho nitro benzene ring substituents is 1. The van der Waals surface area contributed by atoms with Gasteiger partial charge in [-0.05, 0) is 52.0 Å². The third kappa shape index (κ3) is 3.93. The van der Waals surface area contributed by atoms with Crippen LogP contribution in [0.1, 0.15) is 30.9 Å². The van der Waals surface area contributed by atoms with Crippen molar-refractivity contribution in [1.29, 1.82) is 0 Å². The molecule has 2 rings (SSSR count). The van der Waals surface area contributed by atoms with Gasteiger partial charge in [-0.15, -0.1) is 0 Å². The van der Waals surface area contributed by atoms with E-state index in [2.05, 4.69) is 20.7 Å². The van der Waals surface area contributed by atoms with Crippen molar-refractivity contribution in [2.75, 3.05) is 4.72 Å². The number of phenols is 1. The van der Waals surface area contributed by atoms with Crippen LogP contribution in [0.4, 0.5) is 11.4 Å². The lowest BCUT2D eigenvalue weighted by atomic mass is 9.99. The Morgan fingerprint density at radius 2 is 1.92 bits per heavy atom. The molecule has 0 saturated heterocycles. The molecule has 7 nitrogen and oxygen atoms in total. The molecule has 2 N–H and O–H groups in total. The molecule has 0 aliphatic rings. The number of halogens is 1. The number of hydrogen-bond acceptors (Lipinski definition) is 5. The highest BCUT2D eigenvalue weighted by Gasteiger charge is 2.23. The Hall–Kier alpha value is -2.13. The van der Waals surface area contributed by atoms with Gasteiger partial charge in [0, 0.05) is 12.1 Å². The monoisotopic (exact) mass is 428 g/mol. The van der Waals surface area contributed by atoms with Gasteiger partial charge in [-0.3, -0.25) is 14.8 Å². The summed E-state index contributed by atoms with van der Waals surface area (Å²) < 4.78 is 28.2. The van der Waals surface area contributed by atoms with Crippen LogP contribution in [0.15, 0.2) is 39.7 Å². The molecule has 0 saturated carbocycles. The summed E-state index contributed by atoms with van der Waals surface area (Å²) in [5.41, 5.74) is 1.09. The second-order valence-electron chi connectivity index (χ2n) is 5.83. The van der Waals surface area contributed by atoms with Gasteiger partial charge in [-0.25, -0.2) is 8.42 Å². The number of phenolic OH excluding ortho intramolecular Hbond substituents is 1. The summed E-state index contributed by atoms with van der Waals surface area (Å²) in [5, 5.41) is 20.9. The van der Waals surface area contributed by atoms with E-state index in [1.165, 1.54) is 24.3 Å². The first kappa shape index (κ1) is 19.2. The molecule has 0 amide bonds. The van der Waals surface area contributed by atoms with Crippen molar-refractivity contribution < 1.29 is 18.4 Å². The van der Waals surface area contributed by atoms with Crippen molar-refractivity contribution >= 4 is 37.3 Å². The Kier molecular flexibility index (Phi) is 5.38. The van der Waals surface area contributed by atoms with Gasteiger partial charge in [-0.1, -0.05) is 19.9 Å². The van der Waals surface area contributed by atoms with E-state index in [9.17, 15) is 23.6 Å². The zero-order chi connectivity index (χ0) is 18.9. The van der Waals surface area contributed by atoms with E-state index in [0.717, 1.165) is 6.07 Å². The fourth-order valence-corrected chi connectivity index (χ4v) is 4.49. The zero-order valence-corrected chi connectivity index (χ0v) is 16.2. The third-order valence-corrected chi connectivity index (χ3v) is 5.80. The Balaban J connectivity index is 2.55. The largest absolute Gasteiger partial charge is 0.506 e. The Morgan fingerprint density at radius 1 is 1.28 bits per heavy atom. The highest BCUT2D eigenvalue weighted by Crippen LogP contribution is 2.41. The molecule has 0 fully saturated rings. The van der Waals surface area contributed by atoms with Gasteiger partial charge in [0.15, 0.2) is 0 Å². The number of nitro groups is 1. The minimum Gasteiger partial charge on any atom is -0.506 e. The lowest BCUT2D eigenvalue weighted by molar-refractivity contribution is -0.385. The number of nitrogens with zero attached hydrogens (tertiary/aromatic N) is 1. The van der Waals surface area contributed by atoms with Gasteiger partial charge in [0.1, 0.15) is 5.75 Å². The summed E-state index contributed by atoms with van der Waals surface area (Å²) >= 11 is 3.30. The maximum absolute atomic E-state index is 12.6. The van der Waals surface area contributed by atoms with E-state index in [1.54, 1.807) is 6.92 Å². The molecule has 134 valence electrons. The first-order valence-electron chi connectivity index (χ1n) is 7.34. The number of aromatic hydroxyl groups is 1. The van der Waals surface area contributed by atoms with Gasteiger partial charge in [0.2, 0.25) is 0 Å². The molecule has 0 unspecified atom stereocenters. The van der Waals surface area contributed by atoms with Crippen molar-refractivity contribution in [3.8, 4) is 5.75 Å². The van der Waals surface area contributed by atoms with Crippen LogP contribution >= 0.6 is 15.9 Å². The lowest BCUT2D eigenvalue weighted by Crippen LogP contribution is -2.15. The van der Waals surface area contributed by atoms with Gasteiger partial charge >= 0.3 is 0 Å². The van der Waals surface area contributed by atoms with Crippen LogP contribution in [0.5, 0.6) is 5.75 Å². The minimum atomic E-state index is -4.03. The van der Waals surface area contributed by atoms with E-state index in [4.69, 9.17) is 0 Å². The summed E-state index contributed by atoms with van der Waals surface area (Å²) in [6.45, 7) is 5.37. The molecule has 2 aromatic carbocycles. The molecule has 0 bridgehead atoms. The molecule has 0 aromatic heterocycles. The first-order chi connectivity index (χ1) is 11.5. The maximum atomic E-state index is 12.6. The number of nitro benzene ring substituents is 1. The zero-order valence-electron chi connectivity index (χ0n) is 13.8. The van der Waals surface area contributed by atoms with Crippen LogP contribution in [0.25, 0.3) is 0 Å². The Morgan fingerprint density at radius 3 is 2.48 bits per heavy atom. The molecule has 0 radical (unpaired) electrons. The fraction of sp³-hybridized carbons (Fsp3) is 0.250. The topological polar surface area (TPSA) is 110 Å². The van der Waals surface area contributed by atoms with E-state index in [1.807, 2.05) is 13.8 Å². The van der Waals surface area contributed by atoms with Crippen LogP contribution in [0, 0.1) is 17.0 Å². The molecule has 0 spiro atoms. The number of anilines is 1. The van der Waals surface area contributed by atoms with Gasteiger partial charge in [0.25, 0.3) is 15.7 Å². The quantitative estimate of drug-likeness (QED) is 0.419. The van der Waals surface area contributed by atoms with E-state index in [-0.39, 0.29) is 22.3 Å². The van der Waals surface area contributed by atoms with Crippen molar-refractivity contribution in [2.24, 2.45) is 0 Å². The molecule has 0 aliphatic carbocycles. The number of rotatable bonds is 5. The number of hydrogen-bond donors (Lipinski definition) is 2. The molecule has 2 aromatic rings. The average Bonchev–Trinajstić information content (AvgIpc) is 2.52. The maximum Gasteiger partial charge on any atom is 0.270 e. The molecular formula is C16H17BrN2O5S. The fourth-order valence-electron chi connectivity index (χ4n) is 2.40. The van der Waals surface area contributed by atoms with Crippen LogP contribution in [0.3, 0.4) is 0 Å². The standard InChI is InChI=1S/C16H17BrN2O5S/c1-9(2)14-13(7-10(3)16(20)15(14)17)18-25(23,24)12-6-4-5-11(8-12)19(21)22/h4-9,18,20H,1-3H3. The second kappa shape index (κ2) is 7.01. The van der Waals surface area contributed by atoms with Crippen molar-refractivity contribution in [3.63, 3.8) is 0 Å². The Bertz CT molecular complexity index is 942. The number of benzene rings is 2. The second-order valence-corrected chi connectivity index (χ2v) is 8.31. The van der Waals surface area contributed by atoms with Gasteiger partial charge < -0.3 is 5.11 Å². The summed E-state index contributed by atoms with van der Waals surface area (Å²) in [6, 6.07) is 6.35. The highest BCUT2D eigenvalue weighted by molar-refractivity contribution is 9.10. The predicted octanol–water partition coefficient (Wildman–Crippen LogP) is 4.30. The molecule has 0 aliphatic heterocycles. The van der Waals surface area contributed by atoms with Crippen molar-refractivity contribution in [3.05, 3.63) is 56.0 Å². The summed E-state index contributed by atoms with van der Waals surface area (Å²) in [5.74, 6) is -0.0364. The van der Waals surface area contributed by atoms with Crippen LogP contribution in [0.2, 0.25) is 0 Å². The van der Waals surface area contributed by atoms with Gasteiger partial charge in [-0.2, -0.15) is 0 Å². The van der Waals surface area contributed by atoms with Crippen LogP contribution < -0.4 is 4.72 Å². The molecule has 0 atom stereocenters. The summed E-state index contributed by atoms with van der Waals surface area (Å²) in [6.07, 6.45) is 0. The molecule has 25 heavy (non-hydrogen) atoms. The minimum absolute atomic E-state index is 0.0435. The normalized spacial score (nSPS) is 11.6. The third-order valence-electron chi connectivity index (χ3n) is 3.63. The van der Waals surface area contributed by atoms with Crippen LogP contribution in [-0.4, -0.2) is 18.4 Å². The lowest BCUT2D eigenvalue weighted by Gasteiger charge is -2.19. The van der Waals surface area contributed by atoms with E-state index >= 15 is 0 Å². The van der Waals surface area contributed by atoms with Crippen molar-refractivity contribution in [2.45, 2.75) is 31.6 Å². The SMILES string of the molecule is Cc1cc(NS(=O)(=O)c2cccc([N+](=O)[O-])c2)c(C(C)C)c(Br)c1O. The van der Waals surface area contributed by atoms with Crippen molar-refractivity contribution in [1.82, 2.24) is 0 Å². The average molecular weight is 429 g/mol. The number of sulfonamides is 1. The summed E-state index contributed by atoms with van der Waals surface area (Å²) in [4.78, 5) is 10.0. The van der Waals surface area contributed by atoms with Crippen LogP contribution in [-0.2, 0) is 10.0 Å². The Labute approximate surface area is 154 Å².